The average molecular weight is 541 g/mol. The first-order chi connectivity index (χ1) is 14.7. The Morgan fingerprint density at radius 2 is 1.81 bits per heavy atom. The lowest BCUT2D eigenvalue weighted by atomic mass is 10.1. The summed E-state index contributed by atoms with van der Waals surface area (Å²) in [6.07, 6.45) is 0. The van der Waals surface area contributed by atoms with Crippen LogP contribution in [0.5, 0.6) is 17.4 Å². The van der Waals surface area contributed by atoms with Gasteiger partial charge in [-0.2, -0.15) is 0 Å². The minimum absolute atomic E-state index is 0. The molecular weight excluding hydrogens is 509 g/mol. The van der Waals surface area contributed by atoms with E-state index < -0.39 is 0 Å². The van der Waals surface area contributed by atoms with Gasteiger partial charge in [0.1, 0.15) is 11.5 Å². The maximum Gasteiger partial charge on any atom is 0.213 e. The third kappa shape index (κ3) is 6.86. The van der Waals surface area contributed by atoms with Crippen molar-refractivity contribution in [3.05, 3.63) is 47.7 Å². The Labute approximate surface area is 201 Å². The van der Waals surface area contributed by atoms with E-state index in [-0.39, 0.29) is 24.0 Å². The number of hydrogen-bond donors (Lipinski definition) is 1. The van der Waals surface area contributed by atoms with Gasteiger partial charge in [-0.05, 0) is 24.3 Å². The summed E-state index contributed by atoms with van der Waals surface area (Å²) < 4.78 is 16.1. The fourth-order valence-electron chi connectivity index (χ4n) is 3.54. The molecule has 3 rings (SSSR count). The molecule has 0 aliphatic carbocycles. The monoisotopic (exact) mass is 541 g/mol. The number of pyridine rings is 1. The van der Waals surface area contributed by atoms with Crippen molar-refractivity contribution in [2.45, 2.75) is 13.1 Å². The summed E-state index contributed by atoms with van der Waals surface area (Å²) in [6.45, 7) is 5.12. The molecule has 31 heavy (non-hydrogen) atoms. The minimum Gasteiger partial charge on any atom is -0.497 e. The standard InChI is InChI=1S/C22H31N5O3.HI/c1-23-22(24-15-18-6-5-7-21(25-18)30-4)27-12-10-26(11-13-27)16-17-14-19(28-2)8-9-20(17)29-3;/h5-9,14H,10-13,15-16H2,1-4H3,(H,23,24);1H. The van der Waals surface area contributed by atoms with E-state index in [2.05, 4.69) is 25.1 Å². The number of methoxy groups -OCH3 is 3. The van der Waals surface area contributed by atoms with Crippen LogP contribution in [0.3, 0.4) is 0 Å². The number of guanidine groups is 1. The molecule has 0 saturated carbocycles. The van der Waals surface area contributed by atoms with Gasteiger partial charge in [-0.25, -0.2) is 4.98 Å². The Balaban J connectivity index is 0.00000341. The normalized spacial score (nSPS) is 14.6. The molecule has 0 unspecified atom stereocenters. The quantitative estimate of drug-likeness (QED) is 0.329. The maximum absolute atomic E-state index is 5.52. The molecule has 0 spiro atoms. The SMILES string of the molecule is CN=C(NCc1cccc(OC)n1)N1CCN(Cc2cc(OC)ccc2OC)CC1.I. The largest absolute Gasteiger partial charge is 0.497 e. The molecule has 9 heteroatoms. The number of nitrogens with zero attached hydrogens (tertiary/aromatic N) is 4. The molecule has 1 aliphatic heterocycles. The van der Waals surface area contributed by atoms with E-state index in [1.807, 2.05) is 43.4 Å². The molecular formula is C22H32IN5O3. The third-order valence-electron chi connectivity index (χ3n) is 5.18. The second-order valence-corrected chi connectivity index (χ2v) is 7.01. The molecule has 1 aromatic carbocycles. The Bertz CT molecular complexity index is 857. The predicted octanol–water partition coefficient (Wildman–Crippen LogP) is 2.62. The summed E-state index contributed by atoms with van der Waals surface area (Å²) in [5.41, 5.74) is 2.05. The molecule has 1 fully saturated rings. The maximum atomic E-state index is 5.52. The summed E-state index contributed by atoms with van der Waals surface area (Å²) in [6, 6.07) is 11.7. The summed E-state index contributed by atoms with van der Waals surface area (Å²) in [7, 11) is 6.83. The fourth-order valence-corrected chi connectivity index (χ4v) is 3.54. The van der Waals surface area contributed by atoms with Crippen LogP contribution in [0.2, 0.25) is 0 Å². The predicted molar refractivity (Wildman–Crippen MR) is 133 cm³/mol. The fraction of sp³-hybridized carbons (Fsp3) is 0.455. The number of hydrogen-bond acceptors (Lipinski definition) is 6. The zero-order valence-electron chi connectivity index (χ0n) is 18.6. The number of benzene rings is 1. The zero-order chi connectivity index (χ0) is 21.3. The van der Waals surface area contributed by atoms with Crippen LogP contribution in [-0.2, 0) is 13.1 Å². The van der Waals surface area contributed by atoms with Gasteiger partial charge in [0.25, 0.3) is 0 Å². The highest BCUT2D eigenvalue weighted by atomic mass is 127. The third-order valence-corrected chi connectivity index (χ3v) is 5.18. The van der Waals surface area contributed by atoms with Crippen LogP contribution in [0, 0.1) is 0 Å². The molecule has 1 aromatic heterocycles. The molecule has 0 amide bonds. The molecule has 0 bridgehead atoms. The van der Waals surface area contributed by atoms with Crippen molar-refractivity contribution in [2.75, 3.05) is 54.6 Å². The van der Waals surface area contributed by atoms with Crippen molar-refractivity contribution in [2.24, 2.45) is 4.99 Å². The van der Waals surface area contributed by atoms with Gasteiger partial charge in [0.05, 0.1) is 33.6 Å². The van der Waals surface area contributed by atoms with Crippen LogP contribution >= 0.6 is 24.0 Å². The van der Waals surface area contributed by atoms with Gasteiger partial charge in [0, 0.05) is 51.4 Å². The highest BCUT2D eigenvalue weighted by Crippen LogP contribution is 2.25. The number of piperazine rings is 1. The van der Waals surface area contributed by atoms with Gasteiger partial charge in [0.2, 0.25) is 5.88 Å². The smallest absolute Gasteiger partial charge is 0.213 e. The van der Waals surface area contributed by atoms with Crippen molar-refractivity contribution in [1.29, 1.82) is 0 Å². The molecule has 1 N–H and O–H groups in total. The van der Waals surface area contributed by atoms with Gasteiger partial charge in [-0.3, -0.25) is 9.89 Å². The molecule has 8 nitrogen and oxygen atoms in total. The van der Waals surface area contributed by atoms with E-state index in [0.717, 1.165) is 61.4 Å². The van der Waals surface area contributed by atoms with E-state index in [4.69, 9.17) is 14.2 Å². The molecule has 170 valence electrons. The van der Waals surface area contributed by atoms with E-state index in [9.17, 15) is 0 Å². The van der Waals surface area contributed by atoms with Crippen LogP contribution in [0.1, 0.15) is 11.3 Å². The van der Waals surface area contributed by atoms with Crippen LogP contribution in [0.25, 0.3) is 0 Å². The lowest BCUT2D eigenvalue weighted by Crippen LogP contribution is -2.52. The number of aliphatic imine (C=N–C) groups is 1. The van der Waals surface area contributed by atoms with Crippen molar-refractivity contribution in [1.82, 2.24) is 20.1 Å². The average Bonchev–Trinajstić information content (AvgIpc) is 2.80. The number of aromatic nitrogens is 1. The Kier molecular flexibility index (Phi) is 10.1. The van der Waals surface area contributed by atoms with Crippen molar-refractivity contribution in [3.8, 4) is 17.4 Å². The zero-order valence-corrected chi connectivity index (χ0v) is 21.0. The highest BCUT2D eigenvalue weighted by molar-refractivity contribution is 14.0. The molecule has 0 radical (unpaired) electrons. The van der Waals surface area contributed by atoms with E-state index in [1.54, 1.807) is 21.3 Å². The first-order valence-corrected chi connectivity index (χ1v) is 10.1. The van der Waals surface area contributed by atoms with Gasteiger partial charge < -0.3 is 24.4 Å². The highest BCUT2D eigenvalue weighted by Gasteiger charge is 2.21. The second-order valence-electron chi connectivity index (χ2n) is 7.01. The molecule has 2 aromatic rings. The van der Waals surface area contributed by atoms with Crippen molar-refractivity contribution >= 4 is 29.9 Å². The number of rotatable bonds is 7. The van der Waals surface area contributed by atoms with Gasteiger partial charge in [-0.15, -0.1) is 24.0 Å². The molecule has 1 saturated heterocycles. The molecule has 0 atom stereocenters. The van der Waals surface area contributed by atoms with E-state index in [0.29, 0.717) is 12.4 Å². The number of nitrogens with one attached hydrogen (secondary N) is 1. The Morgan fingerprint density at radius 1 is 1.03 bits per heavy atom. The van der Waals surface area contributed by atoms with Crippen LogP contribution in [0.4, 0.5) is 0 Å². The summed E-state index contributed by atoms with van der Waals surface area (Å²) in [4.78, 5) is 13.6. The van der Waals surface area contributed by atoms with Gasteiger partial charge >= 0.3 is 0 Å². The molecule has 2 heterocycles. The van der Waals surface area contributed by atoms with Crippen LogP contribution in [-0.4, -0.2) is 75.3 Å². The first kappa shape index (κ1) is 25.0. The van der Waals surface area contributed by atoms with Gasteiger partial charge in [-0.1, -0.05) is 6.07 Å². The molecule has 1 aliphatic rings. The second kappa shape index (κ2) is 12.6. The van der Waals surface area contributed by atoms with Crippen molar-refractivity contribution < 1.29 is 14.2 Å². The van der Waals surface area contributed by atoms with Crippen LogP contribution in [0.15, 0.2) is 41.4 Å². The first-order valence-electron chi connectivity index (χ1n) is 10.1. The number of ether oxygens (including phenoxy) is 3. The van der Waals surface area contributed by atoms with Crippen molar-refractivity contribution in [3.63, 3.8) is 0 Å². The summed E-state index contributed by atoms with van der Waals surface area (Å²) in [5, 5.41) is 3.41. The van der Waals surface area contributed by atoms with Gasteiger partial charge in [0.15, 0.2) is 5.96 Å². The Hall–Kier alpha value is -2.27. The Morgan fingerprint density at radius 3 is 2.45 bits per heavy atom. The lowest BCUT2D eigenvalue weighted by molar-refractivity contribution is 0.171. The van der Waals surface area contributed by atoms with Crippen LogP contribution < -0.4 is 19.5 Å². The topological polar surface area (TPSA) is 71.5 Å². The summed E-state index contributed by atoms with van der Waals surface area (Å²) in [5.74, 6) is 3.24. The minimum atomic E-state index is 0. The lowest BCUT2D eigenvalue weighted by Gasteiger charge is -2.36. The van der Waals surface area contributed by atoms with E-state index >= 15 is 0 Å². The van der Waals surface area contributed by atoms with E-state index in [1.165, 1.54) is 0 Å². The number of halogens is 1. The summed E-state index contributed by atoms with van der Waals surface area (Å²) >= 11 is 0.